The fourth-order valence-electron chi connectivity index (χ4n) is 4.11. The molecule has 164 valence electrons. The minimum atomic E-state index is -0.157. The van der Waals surface area contributed by atoms with E-state index in [9.17, 15) is 4.79 Å². The fourth-order valence-corrected chi connectivity index (χ4v) is 4.81. The van der Waals surface area contributed by atoms with Crippen LogP contribution in [0.25, 0.3) is 23.2 Å². The lowest BCUT2D eigenvalue weighted by Gasteiger charge is -2.17. The summed E-state index contributed by atoms with van der Waals surface area (Å²) >= 11 is 1.40. The van der Waals surface area contributed by atoms with Crippen LogP contribution in [0.15, 0.2) is 33.2 Å². The second-order valence-corrected chi connectivity index (χ2v) is 8.86. The maximum absolute atomic E-state index is 12.7. The molecule has 0 unspecified atom stereocenters. The van der Waals surface area contributed by atoms with Crippen LogP contribution in [0.1, 0.15) is 81.7 Å². The number of thioether (sulfide) groups is 1. The van der Waals surface area contributed by atoms with Gasteiger partial charge in [-0.2, -0.15) is 5.10 Å². The Morgan fingerprint density at radius 2 is 1.97 bits per heavy atom. The minimum absolute atomic E-state index is 0.157. The summed E-state index contributed by atoms with van der Waals surface area (Å²) in [6.07, 6.45) is 16.8. The second kappa shape index (κ2) is 10.1. The van der Waals surface area contributed by atoms with Crippen LogP contribution < -0.4 is 5.56 Å². The third kappa shape index (κ3) is 5.01. The Bertz CT molecular complexity index is 1120. The van der Waals surface area contributed by atoms with Gasteiger partial charge in [-0.15, -0.1) is 0 Å². The average Bonchev–Trinajstić information content (AvgIpc) is 3.39. The summed E-state index contributed by atoms with van der Waals surface area (Å²) < 4.78 is 7.74. The summed E-state index contributed by atoms with van der Waals surface area (Å²) in [5, 5.41) is 5.66. The van der Waals surface area contributed by atoms with Gasteiger partial charge in [-0.3, -0.25) is 4.79 Å². The number of allylic oxidation sites excluding steroid dienone is 1. The highest BCUT2D eigenvalue weighted by atomic mass is 32.2. The second-order valence-electron chi connectivity index (χ2n) is 7.90. The van der Waals surface area contributed by atoms with E-state index in [0.29, 0.717) is 39.6 Å². The molecule has 0 saturated heterocycles. The molecule has 0 amide bonds. The Morgan fingerprint density at radius 3 is 2.68 bits per heavy atom. The lowest BCUT2D eigenvalue weighted by molar-refractivity contribution is 0.390. The molecule has 3 aromatic rings. The number of aromatic nitrogens is 5. The molecule has 0 bridgehead atoms. The number of oxazole rings is 1. The van der Waals surface area contributed by atoms with Crippen molar-refractivity contribution in [3.8, 4) is 0 Å². The van der Waals surface area contributed by atoms with E-state index in [1.54, 1.807) is 12.3 Å². The first-order valence-electron chi connectivity index (χ1n) is 11.0. The smallest absolute Gasteiger partial charge is 0.262 e. The lowest BCUT2D eigenvalue weighted by atomic mass is 10.1. The predicted molar refractivity (Wildman–Crippen MR) is 125 cm³/mol. The molecule has 1 N–H and O–H groups in total. The standard InChI is InChI=1S/C23H29N5O2S/c1-3-11-18-19(4-2)30-20(25-18)15-31-23-26-21-17(22(29)27-23)14-24-28(21)16-12-9-7-5-6-8-10-13-16/h3-4,11,14,16H,2,5-10,12-13,15H2,1H3,(H,26,27,29)/b11-3-. The van der Waals surface area contributed by atoms with E-state index >= 15 is 0 Å². The van der Waals surface area contributed by atoms with Gasteiger partial charge in [-0.1, -0.05) is 62.9 Å². The van der Waals surface area contributed by atoms with Gasteiger partial charge in [0.05, 0.1) is 18.0 Å². The summed E-state index contributed by atoms with van der Waals surface area (Å²) in [4.78, 5) is 24.8. The molecular weight excluding hydrogens is 410 g/mol. The highest BCUT2D eigenvalue weighted by molar-refractivity contribution is 7.98. The minimum Gasteiger partial charge on any atom is -0.440 e. The molecule has 0 spiro atoms. The normalized spacial score (nSPS) is 16.4. The summed E-state index contributed by atoms with van der Waals surface area (Å²) in [5.41, 5.74) is 1.27. The topological polar surface area (TPSA) is 89.6 Å². The maximum atomic E-state index is 12.7. The first-order chi connectivity index (χ1) is 15.2. The average molecular weight is 440 g/mol. The number of nitrogens with one attached hydrogen (secondary N) is 1. The van der Waals surface area contributed by atoms with Crippen molar-refractivity contribution in [3.63, 3.8) is 0 Å². The number of nitrogens with zero attached hydrogens (tertiary/aromatic N) is 4. The Kier molecular flexibility index (Phi) is 7.06. The quantitative estimate of drug-likeness (QED) is 0.388. The number of fused-ring (bicyclic) bond motifs is 1. The number of rotatable bonds is 6. The van der Waals surface area contributed by atoms with Crippen LogP contribution in [0.3, 0.4) is 0 Å². The molecule has 1 aliphatic rings. The number of hydrogen-bond acceptors (Lipinski definition) is 6. The van der Waals surface area contributed by atoms with E-state index in [1.165, 1.54) is 50.3 Å². The molecule has 1 aliphatic carbocycles. The Balaban J connectivity index is 1.57. The first-order valence-corrected chi connectivity index (χ1v) is 12.0. The highest BCUT2D eigenvalue weighted by Gasteiger charge is 2.19. The van der Waals surface area contributed by atoms with Gasteiger partial charge in [0.1, 0.15) is 11.1 Å². The van der Waals surface area contributed by atoms with Gasteiger partial charge < -0.3 is 9.40 Å². The molecule has 31 heavy (non-hydrogen) atoms. The third-order valence-electron chi connectivity index (χ3n) is 5.68. The van der Waals surface area contributed by atoms with E-state index < -0.39 is 0 Å². The Labute approximate surface area is 186 Å². The molecule has 1 saturated carbocycles. The molecule has 3 heterocycles. The molecule has 0 atom stereocenters. The van der Waals surface area contributed by atoms with E-state index in [-0.39, 0.29) is 5.56 Å². The summed E-state index contributed by atoms with van der Waals surface area (Å²) in [6.45, 7) is 5.71. The van der Waals surface area contributed by atoms with Crippen LogP contribution >= 0.6 is 11.8 Å². The highest BCUT2D eigenvalue weighted by Crippen LogP contribution is 2.28. The van der Waals surface area contributed by atoms with Gasteiger partial charge >= 0.3 is 0 Å². The van der Waals surface area contributed by atoms with Crippen LogP contribution in [-0.2, 0) is 5.75 Å². The molecular formula is C23H29N5O2S. The van der Waals surface area contributed by atoms with Crippen molar-refractivity contribution < 1.29 is 4.42 Å². The molecule has 4 rings (SSSR count). The van der Waals surface area contributed by atoms with Crippen molar-refractivity contribution >= 4 is 34.9 Å². The molecule has 0 radical (unpaired) electrons. The van der Waals surface area contributed by atoms with Crippen molar-refractivity contribution in [2.24, 2.45) is 0 Å². The summed E-state index contributed by atoms with van der Waals surface area (Å²) in [5.74, 6) is 1.68. The fraction of sp³-hybridized carbons (Fsp3) is 0.478. The van der Waals surface area contributed by atoms with Crippen LogP contribution in [0.4, 0.5) is 0 Å². The zero-order valence-corrected chi connectivity index (χ0v) is 18.8. The molecule has 3 aromatic heterocycles. The zero-order valence-electron chi connectivity index (χ0n) is 18.0. The van der Waals surface area contributed by atoms with E-state index in [4.69, 9.17) is 9.40 Å². The van der Waals surface area contributed by atoms with E-state index in [0.717, 1.165) is 18.5 Å². The zero-order chi connectivity index (χ0) is 21.6. The first kappa shape index (κ1) is 21.6. The van der Waals surface area contributed by atoms with Gasteiger partial charge in [0.2, 0.25) is 5.89 Å². The van der Waals surface area contributed by atoms with Gasteiger partial charge in [-0.05, 0) is 31.9 Å². The van der Waals surface area contributed by atoms with Crippen LogP contribution in [0, 0.1) is 0 Å². The molecule has 0 aromatic carbocycles. The van der Waals surface area contributed by atoms with Crippen molar-refractivity contribution in [2.75, 3.05) is 0 Å². The molecule has 7 nitrogen and oxygen atoms in total. The van der Waals surface area contributed by atoms with Gasteiger partial charge in [0.15, 0.2) is 16.6 Å². The largest absolute Gasteiger partial charge is 0.440 e. The third-order valence-corrected chi connectivity index (χ3v) is 6.54. The van der Waals surface area contributed by atoms with Crippen LogP contribution in [-0.4, -0.2) is 24.7 Å². The van der Waals surface area contributed by atoms with Crippen molar-refractivity contribution in [1.82, 2.24) is 24.7 Å². The van der Waals surface area contributed by atoms with Crippen molar-refractivity contribution in [2.45, 2.75) is 75.2 Å². The molecule has 0 aliphatic heterocycles. The molecule has 8 heteroatoms. The maximum Gasteiger partial charge on any atom is 0.262 e. The number of H-pyrrole nitrogens is 1. The monoisotopic (exact) mass is 439 g/mol. The SMILES string of the molecule is C=Cc1oc(CSc2nc3c(cnn3C3CCCCCCCC3)c(=O)[nH]2)nc1/C=C\C. The lowest BCUT2D eigenvalue weighted by Crippen LogP contribution is -2.14. The summed E-state index contributed by atoms with van der Waals surface area (Å²) in [7, 11) is 0. The van der Waals surface area contributed by atoms with Crippen LogP contribution in [0.5, 0.6) is 0 Å². The van der Waals surface area contributed by atoms with Crippen LogP contribution in [0.2, 0.25) is 0 Å². The summed E-state index contributed by atoms with van der Waals surface area (Å²) in [6, 6.07) is 0.299. The Morgan fingerprint density at radius 1 is 1.23 bits per heavy atom. The van der Waals surface area contributed by atoms with Gasteiger partial charge in [-0.25, -0.2) is 14.6 Å². The van der Waals surface area contributed by atoms with Crippen molar-refractivity contribution in [3.05, 3.63) is 46.6 Å². The predicted octanol–water partition coefficient (Wildman–Crippen LogP) is 5.75. The number of hydrogen-bond donors (Lipinski definition) is 1. The van der Waals surface area contributed by atoms with Crippen molar-refractivity contribution in [1.29, 1.82) is 0 Å². The van der Waals surface area contributed by atoms with E-state index in [2.05, 4.69) is 21.6 Å². The Hall–Kier alpha value is -2.61. The van der Waals surface area contributed by atoms with E-state index in [1.807, 2.05) is 23.8 Å². The molecule has 1 fully saturated rings. The van der Waals surface area contributed by atoms with Gasteiger partial charge in [0, 0.05) is 0 Å². The van der Waals surface area contributed by atoms with Gasteiger partial charge in [0.25, 0.3) is 5.56 Å². The number of aromatic amines is 1.